The monoisotopic (exact) mass is 412 g/mol. The van der Waals surface area contributed by atoms with E-state index in [1.807, 2.05) is 6.07 Å². The maximum atomic E-state index is 12.8. The molecule has 0 aromatic heterocycles. The van der Waals surface area contributed by atoms with Crippen LogP contribution in [0.1, 0.15) is 23.5 Å². The minimum atomic E-state index is 0.195. The number of carbonyl (C=O) groups excluding carboxylic acids is 1. The van der Waals surface area contributed by atoms with Crippen molar-refractivity contribution in [3.8, 4) is 0 Å². The molecule has 1 heterocycles. The van der Waals surface area contributed by atoms with E-state index in [4.69, 9.17) is 0 Å². The molecule has 1 aliphatic heterocycles. The molecule has 2 aliphatic rings. The molecule has 2 aromatic carbocycles. The summed E-state index contributed by atoms with van der Waals surface area (Å²) in [5.41, 5.74) is 2.68. The van der Waals surface area contributed by atoms with Gasteiger partial charge in [0.15, 0.2) is 0 Å². The van der Waals surface area contributed by atoms with Gasteiger partial charge in [-0.1, -0.05) is 58.4 Å². The third kappa shape index (κ3) is 4.18. The SMILES string of the molecule is O=C(C1CC1c1cccc(Br)c1)N1CCN(CCc2ccccc2)CC1. The van der Waals surface area contributed by atoms with Crippen molar-refractivity contribution in [3.63, 3.8) is 0 Å². The lowest BCUT2D eigenvalue weighted by molar-refractivity contribution is -0.134. The van der Waals surface area contributed by atoms with Crippen molar-refractivity contribution in [2.24, 2.45) is 5.92 Å². The van der Waals surface area contributed by atoms with Crippen molar-refractivity contribution < 1.29 is 4.79 Å². The molecule has 1 saturated carbocycles. The van der Waals surface area contributed by atoms with Crippen LogP contribution in [0.25, 0.3) is 0 Å². The number of halogens is 1. The molecule has 0 N–H and O–H groups in total. The lowest BCUT2D eigenvalue weighted by Gasteiger charge is -2.35. The van der Waals surface area contributed by atoms with Crippen LogP contribution in [0.3, 0.4) is 0 Å². The van der Waals surface area contributed by atoms with Crippen LogP contribution < -0.4 is 0 Å². The van der Waals surface area contributed by atoms with Gasteiger partial charge in [-0.15, -0.1) is 0 Å². The normalized spacial score (nSPS) is 23.0. The Labute approximate surface area is 164 Å². The summed E-state index contributed by atoms with van der Waals surface area (Å²) in [5.74, 6) is 0.967. The van der Waals surface area contributed by atoms with E-state index in [0.29, 0.717) is 11.8 Å². The van der Waals surface area contributed by atoms with Gasteiger partial charge in [0.05, 0.1) is 0 Å². The standard InChI is InChI=1S/C22H25BrN2O/c23-19-8-4-7-18(15-19)20-16-21(20)22(26)25-13-11-24(12-14-25)10-9-17-5-2-1-3-6-17/h1-8,15,20-21H,9-14,16H2. The average Bonchev–Trinajstić information content (AvgIpc) is 3.48. The maximum absolute atomic E-state index is 12.8. The number of benzene rings is 2. The lowest BCUT2D eigenvalue weighted by Crippen LogP contribution is -2.49. The van der Waals surface area contributed by atoms with E-state index < -0.39 is 0 Å². The van der Waals surface area contributed by atoms with Crippen molar-refractivity contribution in [2.75, 3.05) is 32.7 Å². The largest absolute Gasteiger partial charge is 0.340 e. The fourth-order valence-corrected chi connectivity index (χ4v) is 4.35. The van der Waals surface area contributed by atoms with E-state index in [1.54, 1.807) is 0 Å². The van der Waals surface area contributed by atoms with Crippen molar-refractivity contribution in [2.45, 2.75) is 18.8 Å². The fourth-order valence-electron chi connectivity index (χ4n) is 3.93. The van der Waals surface area contributed by atoms with Crippen LogP contribution in [0.5, 0.6) is 0 Å². The minimum absolute atomic E-state index is 0.195. The van der Waals surface area contributed by atoms with Gasteiger partial charge in [0.25, 0.3) is 0 Å². The smallest absolute Gasteiger partial charge is 0.226 e. The van der Waals surface area contributed by atoms with Crippen molar-refractivity contribution in [3.05, 3.63) is 70.2 Å². The molecule has 0 bridgehead atoms. The Morgan fingerprint density at radius 3 is 2.50 bits per heavy atom. The van der Waals surface area contributed by atoms with E-state index in [9.17, 15) is 4.79 Å². The van der Waals surface area contributed by atoms with Gasteiger partial charge >= 0.3 is 0 Å². The predicted molar refractivity (Wildman–Crippen MR) is 108 cm³/mol. The second-order valence-corrected chi connectivity index (χ2v) is 8.32. The van der Waals surface area contributed by atoms with Gasteiger partial charge in [0.1, 0.15) is 0 Å². The highest BCUT2D eigenvalue weighted by Gasteiger charge is 2.46. The highest BCUT2D eigenvalue weighted by atomic mass is 79.9. The summed E-state index contributed by atoms with van der Waals surface area (Å²) in [7, 11) is 0. The third-order valence-electron chi connectivity index (χ3n) is 5.63. The van der Waals surface area contributed by atoms with Gasteiger partial charge in [-0.25, -0.2) is 0 Å². The van der Waals surface area contributed by atoms with E-state index in [1.165, 1.54) is 11.1 Å². The van der Waals surface area contributed by atoms with Crippen LogP contribution in [0, 0.1) is 5.92 Å². The Bertz CT molecular complexity index is 756. The summed E-state index contributed by atoms with van der Waals surface area (Å²) < 4.78 is 1.10. The van der Waals surface area contributed by atoms with Crippen LogP contribution in [0.4, 0.5) is 0 Å². The van der Waals surface area contributed by atoms with Crippen LogP contribution in [-0.2, 0) is 11.2 Å². The summed E-state index contributed by atoms with van der Waals surface area (Å²) in [5, 5.41) is 0. The molecule has 0 spiro atoms. The molecule has 0 radical (unpaired) electrons. The van der Waals surface area contributed by atoms with Gasteiger partial charge in [0, 0.05) is 43.1 Å². The maximum Gasteiger partial charge on any atom is 0.226 e. The predicted octanol–water partition coefficient (Wildman–Crippen LogP) is 3.94. The Morgan fingerprint density at radius 2 is 1.77 bits per heavy atom. The first-order chi connectivity index (χ1) is 12.7. The molecular formula is C22H25BrN2O. The number of piperazine rings is 1. The van der Waals surface area contributed by atoms with Crippen molar-refractivity contribution in [1.82, 2.24) is 9.80 Å². The zero-order chi connectivity index (χ0) is 17.9. The summed E-state index contributed by atoms with van der Waals surface area (Å²) >= 11 is 3.53. The Hall–Kier alpha value is -1.65. The van der Waals surface area contributed by atoms with Crippen LogP contribution in [0.2, 0.25) is 0 Å². The first-order valence-electron chi connectivity index (χ1n) is 9.51. The summed E-state index contributed by atoms with van der Waals surface area (Å²) in [6.45, 7) is 4.81. The van der Waals surface area contributed by atoms with Gasteiger partial charge in [-0.2, -0.15) is 0 Å². The topological polar surface area (TPSA) is 23.6 Å². The highest BCUT2D eigenvalue weighted by Crippen LogP contribution is 2.48. The van der Waals surface area contributed by atoms with E-state index in [0.717, 1.165) is 50.0 Å². The number of amides is 1. The van der Waals surface area contributed by atoms with Gasteiger partial charge in [0.2, 0.25) is 5.91 Å². The average molecular weight is 413 g/mol. The first-order valence-corrected chi connectivity index (χ1v) is 10.3. The summed E-state index contributed by atoms with van der Waals surface area (Å²) in [6.07, 6.45) is 2.09. The minimum Gasteiger partial charge on any atom is -0.340 e. The summed E-state index contributed by atoms with van der Waals surface area (Å²) in [6, 6.07) is 19.0. The second-order valence-electron chi connectivity index (χ2n) is 7.41. The first kappa shape index (κ1) is 17.7. The molecule has 1 saturated heterocycles. The molecule has 136 valence electrons. The molecular weight excluding hydrogens is 388 g/mol. The molecule has 4 heteroatoms. The van der Waals surface area contributed by atoms with Crippen molar-refractivity contribution in [1.29, 1.82) is 0 Å². The van der Waals surface area contributed by atoms with E-state index >= 15 is 0 Å². The molecule has 2 unspecified atom stereocenters. The Morgan fingerprint density at radius 1 is 1.00 bits per heavy atom. The summed E-state index contributed by atoms with van der Waals surface area (Å²) in [4.78, 5) is 17.4. The number of hydrogen-bond acceptors (Lipinski definition) is 2. The number of hydrogen-bond donors (Lipinski definition) is 0. The number of carbonyl (C=O) groups is 1. The van der Waals surface area contributed by atoms with Gasteiger partial charge < -0.3 is 4.90 Å². The molecule has 1 aliphatic carbocycles. The Balaban J connectivity index is 1.24. The van der Waals surface area contributed by atoms with Crippen LogP contribution in [-0.4, -0.2) is 48.4 Å². The molecule has 26 heavy (non-hydrogen) atoms. The Kier molecular flexibility index (Phi) is 5.41. The van der Waals surface area contributed by atoms with Gasteiger partial charge in [-0.05, 0) is 42.0 Å². The van der Waals surface area contributed by atoms with Crippen LogP contribution >= 0.6 is 15.9 Å². The zero-order valence-electron chi connectivity index (χ0n) is 15.0. The molecule has 3 nitrogen and oxygen atoms in total. The quantitative estimate of drug-likeness (QED) is 0.742. The van der Waals surface area contributed by atoms with Crippen molar-refractivity contribution >= 4 is 21.8 Å². The molecule has 2 aromatic rings. The van der Waals surface area contributed by atoms with E-state index in [2.05, 4.69) is 74.3 Å². The fraction of sp³-hybridized carbons (Fsp3) is 0.409. The molecule has 2 atom stereocenters. The second kappa shape index (κ2) is 7.93. The molecule has 1 amide bonds. The molecule has 2 fully saturated rings. The number of rotatable bonds is 5. The zero-order valence-corrected chi connectivity index (χ0v) is 16.6. The highest BCUT2D eigenvalue weighted by molar-refractivity contribution is 9.10. The number of nitrogens with zero attached hydrogens (tertiary/aromatic N) is 2. The van der Waals surface area contributed by atoms with E-state index in [-0.39, 0.29) is 5.92 Å². The molecule has 4 rings (SSSR count). The van der Waals surface area contributed by atoms with Crippen LogP contribution in [0.15, 0.2) is 59.1 Å². The van der Waals surface area contributed by atoms with Gasteiger partial charge in [-0.3, -0.25) is 9.69 Å². The third-order valence-corrected chi connectivity index (χ3v) is 6.12. The lowest BCUT2D eigenvalue weighted by atomic mass is 10.1.